The molecule has 85 heavy (non-hydrogen) atoms. The summed E-state index contributed by atoms with van der Waals surface area (Å²) >= 11 is 22.1. The topological polar surface area (TPSA) is 227 Å². The summed E-state index contributed by atoms with van der Waals surface area (Å²) in [5.74, 6) is 0.287. The Morgan fingerprint density at radius 3 is 1.68 bits per heavy atom. The zero-order chi connectivity index (χ0) is 59.8. The molecule has 0 aliphatic carbocycles. The maximum Gasteiger partial charge on any atom is 0.322 e. The van der Waals surface area contributed by atoms with Crippen molar-refractivity contribution < 1.29 is 27.6 Å². The summed E-state index contributed by atoms with van der Waals surface area (Å²) in [5.41, 5.74) is 10.1. The van der Waals surface area contributed by atoms with Gasteiger partial charge in [-0.3, -0.25) is 19.7 Å². The van der Waals surface area contributed by atoms with Gasteiger partial charge in [0.2, 0.25) is 21.8 Å². The highest BCUT2D eigenvalue weighted by atomic mass is 79.9. The molecule has 5 saturated heterocycles. The van der Waals surface area contributed by atoms with E-state index in [-0.39, 0.29) is 35.7 Å². The lowest BCUT2D eigenvalue weighted by Crippen LogP contribution is -2.54. The van der Waals surface area contributed by atoms with Gasteiger partial charge in [0.05, 0.1) is 12.2 Å². The number of anilines is 3. The van der Waals surface area contributed by atoms with Gasteiger partial charge in [0.25, 0.3) is 5.91 Å². The molecule has 0 radical (unpaired) electrons. The first-order valence-electron chi connectivity index (χ1n) is 28.2. The van der Waals surface area contributed by atoms with Gasteiger partial charge in [-0.05, 0) is 122 Å². The van der Waals surface area contributed by atoms with Crippen molar-refractivity contribution in [3.8, 4) is 11.1 Å². The van der Waals surface area contributed by atoms with Crippen molar-refractivity contribution in [2.24, 2.45) is 11.3 Å². The predicted octanol–water partition coefficient (Wildman–Crippen LogP) is 11.3. The van der Waals surface area contributed by atoms with E-state index in [2.05, 4.69) is 102 Å². The highest BCUT2D eigenvalue weighted by molar-refractivity contribution is 9.10. The summed E-state index contributed by atoms with van der Waals surface area (Å²) in [5, 5.41) is 14.7. The fourth-order valence-corrected chi connectivity index (χ4v) is 14.1. The number of fused-ring (bicyclic) bond motifs is 4. The minimum Gasteiger partial charge on any atom is -0.371 e. The molecule has 0 saturated carbocycles. The number of halogens is 4. The minimum absolute atomic E-state index is 0.0676. The number of H-pyrrole nitrogens is 4. The first-order chi connectivity index (χ1) is 40.7. The smallest absolute Gasteiger partial charge is 0.322 e. The van der Waals surface area contributed by atoms with E-state index in [1.165, 1.54) is 16.5 Å². The highest BCUT2D eigenvalue weighted by Gasteiger charge is 2.48. The van der Waals surface area contributed by atoms with Crippen LogP contribution < -0.4 is 35.4 Å². The number of aromatic nitrogens is 4. The molecular weight excluding hydrogens is 1230 g/mol. The van der Waals surface area contributed by atoms with Crippen LogP contribution in [0.25, 0.3) is 54.7 Å². The Morgan fingerprint density at radius 2 is 1.16 bits per heavy atom. The lowest BCUT2D eigenvalue weighted by atomic mass is 9.77. The molecule has 9 aromatic rings. The van der Waals surface area contributed by atoms with E-state index in [1.54, 1.807) is 7.05 Å². The second-order valence-electron chi connectivity index (χ2n) is 22.7. The summed E-state index contributed by atoms with van der Waals surface area (Å²) in [6.07, 6.45) is 13.8. The molecular formula is C62H66BrCl3N12O6S. The number of carbonyl (C=O) groups is 4. The minimum atomic E-state index is -3.18. The average molecular weight is 1290 g/mol. The van der Waals surface area contributed by atoms with E-state index in [4.69, 9.17) is 34.8 Å². The number of urea groups is 1. The number of nitrogens with zero attached hydrogens (tertiary/aromatic N) is 4. The molecule has 1 unspecified atom stereocenters. The number of piperidine rings is 2. The number of imide groups is 1. The Balaban J connectivity index is 0.000000118. The molecule has 444 valence electrons. The molecule has 2 spiro atoms. The molecule has 23 heteroatoms. The van der Waals surface area contributed by atoms with Crippen LogP contribution in [0.3, 0.4) is 0 Å². The van der Waals surface area contributed by atoms with Crippen LogP contribution in [0.2, 0.25) is 15.1 Å². The number of hydrogen-bond acceptors (Lipinski definition) is 9. The normalized spacial score (nSPS) is 18.2. The Bertz CT molecular complexity index is 4090. The molecule has 9 heterocycles. The average Bonchev–Trinajstić information content (AvgIpc) is 2.51. The van der Waals surface area contributed by atoms with Crippen molar-refractivity contribution in [3.63, 3.8) is 0 Å². The molecule has 5 aliphatic heterocycles. The van der Waals surface area contributed by atoms with E-state index >= 15 is 0 Å². The summed E-state index contributed by atoms with van der Waals surface area (Å²) in [7, 11) is 0.427. The van der Waals surface area contributed by atoms with Crippen LogP contribution in [0.1, 0.15) is 44.1 Å². The lowest BCUT2D eigenvalue weighted by molar-refractivity contribution is -0.127. The first-order valence-corrected chi connectivity index (χ1v) is 32.0. The lowest BCUT2D eigenvalue weighted by Gasteiger charge is -2.40. The largest absolute Gasteiger partial charge is 0.371 e. The molecule has 5 amide bonds. The summed E-state index contributed by atoms with van der Waals surface area (Å²) in [6.45, 7) is 6.26. The van der Waals surface area contributed by atoms with Gasteiger partial charge >= 0.3 is 6.03 Å². The first kappa shape index (κ1) is 59.5. The van der Waals surface area contributed by atoms with Crippen molar-refractivity contribution in [3.05, 3.63) is 147 Å². The quantitative estimate of drug-likeness (QED) is 0.0676. The van der Waals surface area contributed by atoms with Gasteiger partial charge < -0.3 is 50.2 Å². The van der Waals surface area contributed by atoms with E-state index in [0.29, 0.717) is 35.2 Å². The number of benzene rings is 5. The van der Waals surface area contributed by atoms with Crippen LogP contribution in [0, 0.1) is 11.3 Å². The van der Waals surface area contributed by atoms with Gasteiger partial charge in [0.1, 0.15) is 5.54 Å². The molecule has 14 rings (SSSR count). The fraction of sp³-hybridized carbons (Fsp3) is 0.323. The zero-order valence-electron chi connectivity index (χ0n) is 47.2. The Kier molecular flexibility index (Phi) is 17.3. The standard InChI is InChI=1S/C17H20ClN3O.C16H15ClN2O2S.C15H15BrN4O2.C14H16ClN3O/c1-20-11-17(10-16(20)22)3-6-21(7-4-17)15-9-12(18)8-14-13(15)2-5-19-14;1-22(20,21)19-10-11-2-4-12(5-3-11)15-8-13(17)9-16-14(15)6-7-18-16;16-9-7-11-10(1-4-17-11)12(8-9)20-5-2-15(3-6-20)13(21)18-14(22)19-15;1-16-14(19)9-3-5-18(8-9)13-7-10(15)6-12-11(13)2-4-17-12/h2,5,8-9,19H,3-4,6-7,10-11H2,1H3;2-9,18-19H,10H2,1H3;1,4,7-8,17H,2-3,5-6H2,(H2,18,19,21,22);2,4,6-7,9,17H,3,5,8H2,1H3,(H,16,19). The molecule has 8 N–H and O–H groups in total. The third-order valence-corrected chi connectivity index (χ3v) is 18.9. The number of nitrogens with one attached hydrogen (secondary N) is 8. The van der Waals surface area contributed by atoms with Crippen LogP contribution in [0.4, 0.5) is 21.9 Å². The van der Waals surface area contributed by atoms with Gasteiger partial charge in [-0.25, -0.2) is 17.9 Å². The second-order valence-corrected chi connectivity index (χ2v) is 26.8. The van der Waals surface area contributed by atoms with Gasteiger partial charge in [0.15, 0.2) is 0 Å². The third-order valence-electron chi connectivity index (χ3n) is 17.1. The van der Waals surface area contributed by atoms with Crippen molar-refractivity contribution in [1.29, 1.82) is 0 Å². The number of carbonyl (C=O) groups excluding carboxylic acids is 4. The summed E-state index contributed by atoms with van der Waals surface area (Å²) < 4.78 is 25.7. The summed E-state index contributed by atoms with van der Waals surface area (Å²) in [6, 6.07) is 31.5. The number of amides is 5. The Morgan fingerprint density at radius 1 is 0.659 bits per heavy atom. The highest BCUT2D eigenvalue weighted by Crippen LogP contribution is 2.43. The SMILES string of the molecule is CN1CC2(CCN(c3cc(Cl)cc4[nH]ccc34)CC2)CC1=O.CNC(=O)C1CCN(c2cc(Cl)cc3[nH]ccc23)C1.CS(=O)(=O)NCc1ccc(-c2cc(Cl)cc3[nH]ccc23)cc1.O=C1NC(=O)C2(CCN(c3cc(Br)cc4[nH]ccc34)CC2)N1. The fourth-order valence-electron chi connectivity index (χ4n) is 12.6. The monoisotopic (exact) mass is 1290 g/mol. The molecule has 5 aromatic carbocycles. The van der Waals surface area contributed by atoms with E-state index in [0.717, 1.165) is 142 Å². The Labute approximate surface area is 515 Å². The van der Waals surface area contributed by atoms with Crippen LogP contribution in [0.15, 0.2) is 126 Å². The van der Waals surface area contributed by atoms with Gasteiger partial charge in [0, 0.05) is 183 Å². The van der Waals surface area contributed by atoms with Crippen molar-refractivity contribution in [2.75, 3.05) is 80.9 Å². The van der Waals surface area contributed by atoms with Gasteiger partial charge in [-0.1, -0.05) is 75.0 Å². The number of sulfonamides is 1. The number of rotatable bonds is 8. The second kappa shape index (κ2) is 24.6. The predicted molar refractivity (Wildman–Crippen MR) is 344 cm³/mol. The molecule has 18 nitrogen and oxygen atoms in total. The van der Waals surface area contributed by atoms with Gasteiger partial charge in [-0.15, -0.1) is 0 Å². The van der Waals surface area contributed by atoms with Crippen molar-refractivity contribution >= 4 is 145 Å². The third kappa shape index (κ3) is 13.1. The number of likely N-dealkylation sites (tertiary alicyclic amines) is 1. The van der Waals surface area contributed by atoms with Crippen molar-refractivity contribution in [2.45, 2.75) is 50.6 Å². The van der Waals surface area contributed by atoms with Crippen molar-refractivity contribution in [1.82, 2.24) is 45.5 Å². The van der Waals surface area contributed by atoms with Crippen LogP contribution in [0.5, 0.6) is 0 Å². The Hall–Kier alpha value is -7.20. The van der Waals surface area contributed by atoms with E-state index < -0.39 is 15.6 Å². The molecule has 1 atom stereocenters. The maximum atomic E-state index is 12.0. The van der Waals surface area contributed by atoms with E-state index in [1.807, 2.05) is 103 Å². The number of aromatic amines is 4. The molecule has 0 bridgehead atoms. The van der Waals surface area contributed by atoms with E-state index in [9.17, 15) is 27.6 Å². The van der Waals surface area contributed by atoms with Crippen LogP contribution in [-0.2, 0) is 31.0 Å². The molecule has 5 aliphatic rings. The molecule has 4 aromatic heterocycles. The number of hydrogen-bond donors (Lipinski definition) is 8. The van der Waals surface area contributed by atoms with Crippen LogP contribution in [-0.4, -0.2) is 129 Å². The summed E-state index contributed by atoms with van der Waals surface area (Å²) in [4.78, 5) is 68.6. The van der Waals surface area contributed by atoms with Gasteiger partial charge in [-0.2, -0.15) is 0 Å². The van der Waals surface area contributed by atoms with Crippen LogP contribution >= 0.6 is 50.7 Å². The maximum absolute atomic E-state index is 12.0. The zero-order valence-corrected chi connectivity index (χ0v) is 51.9. The molecule has 5 fully saturated rings.